The van der Waals surface area contributed by atoms with Gasteiger partial charge in [-0.05, 0) is 12.8 Å². The predicted molar refractivity (Wildman–Crippen MR) is 74.1 cm³/mol. The smallest absolute Gasteiger partial charge is 0.211 e. The van der Waals surface area contributed by atoms with Crippen molar-refractivity contribution in [3.05, 3.63) is 12.7 Å². The quantitative estimate of drug-likeness (QED) is 0.746. The molecule has 1 spiro atoms. The van der Waals surface area contributed by atoms with Crippen molar-refractivity contribution in [2.45, 2.75) is 31.1 Å². The molecular formula is C12H20N4O4S. The summed E-state index contributed by atoms with van der Waals surface area (Å²) in [6, 6.07) is 0. The molecule has 2 atom stereocenters. The maximum atomic E-state index is 11.8. The third-order valence-corrected chi connectivity index (χ3v) is 5.23. The molecule has 0 N–H and O–H groups in total. The van der Waals surface area contributed by atoms with Crippen LogP contribution in [0.3, 0.4) is 0 Å². The molecule has 1 aromatic heterocycles. The van der Waals surface area contributed by atoms with Crippen molar-refractivity contribution in [2.24, 2.45) is 0 Å². The van der Waals surface area contributed by atoms with Gasteiger partial charge >= 0.3 is 0 Å². The van der Waals surface area contributed by atoms with Crippen molar-refractivity contribution < 1.29 is 17.9 Å². The highest BCUT2D eigenvalue weighted by atomic mass is 32.2. The molecule has 3 rings (SSSR count). The lowest BCUT2D eigenvalue weighted by atomic mass is 10.0. The molecule has 9 heteroatoms. The van der Waals surface area contributed by atoms with E-state index in [2.05, 4.69) is 10.1 Å². The summed E-state index contributed by atoms with van der Waals surface area (Å²) >= 11 is 0. The van der Waals surface area contributed by atoms with Crippen LogP contribution in [0.2, 0.25) is 0 Å². The van der Waals surface area contributed by atoms with Crippen molar-refractivity contribution in [2.75, 3.05) is 32.6 Å². The van der Waals surface area contributed by atoms with Gasteiger partial charge in [-0.25, -0.2) is 13.4 Å². The summed E-state index contributed by atoms with van der Waals surface area (Å²) in [6.45, 7) is 2.22. The molecule has 0 amide bonds. The molecule has 0 radical (unpaired) electrons. The van der Waals surface area contributed by atoms with Gasteiger partial charge in [-0.2, -0.15) is 9.40 Å². The lowest BCUT2D eigenvalue weighted by Gasteiger charge is -2.30. The summed E-state index contributed by atoms with van der Waals surface area (Å²) in [5.41, 5.74) is -0.537. The van der Waals surface area contributed by atoms with Gasteiger partial charge < -0.3 is 9.47 Å². The van der Waals surface area contributed by atoms with E-state index in [1.807, 2.05) is 0 Å². The van der Waals surface area contributed by atoms with Gasteiger partial charge in [-0.15, -0.1) is 0 Å². The van der Waals surface area contributed by atoms with Gasteiger partial charge in [0.1, 0.15) is 18.3 Å². The Bertz CT molecular complexity index is 576. The summed E-state index contributed by atoms with van der Waals surface area (Å²) in [5.74, 6) is 0. The number of hydrogen-bond donors (Lipinski definition) is 0. The number of hydrogen-bond acceptors (Lipinski definition) is 6. The van der Waals surface area contributed by atoms with Crippen LogP contribution in [-0.2, 0) is 26.0 Å². The molecule has 0 aliphatic carbocycles. The normalized spacial score (nSPS) is 31.6. The Morgan fingerprint density at radius 3 is 3.05 bits per heavy atom. The minimum Gasteiger partial charge on any atom is -0.377 e. The molecule has 21 heavy (non-hydrogen) atoms. The van der Waals surface area contributed by atoms with Crippen LogP contribution in [0.5, 0.6) is 0 Å². The Kier molecular flexibility index (Phi) is 4.00. The highest BCUT2D eigenvalue weighted by Crippen LogP contribution is 2.34. The molecule has 2 aliphatic heterocycles. The van der Waals surface area contributed by atoms with E-state index in [0.717, 1.165) is 12.8 Å². The molecule has 8 nitrogen and oxygen atoms in total. The molecule has 0 saturated carbocycles. The summed E-state index contributed by atoms with van der Waals surface area (Å²) < 4.78 is 38.5. The zero-order chi connectivity index (χ0) is 14.9. The Labute approximate surface area is 124 Å². The van der Waals surface area contributed by atoms with E-state index >= 15 is 0 Å². The fourth-order valence-corrected chi connectivity index (χ4v) is 3.81. The van der Waals surface area contributed by atoms with E-state index in [1.165, 1.54) is 16.9 Å². The Hall–Kier alpha value is -1.03. The van der Waals surface area contributed by atoms with Crippen LogP contribution in [0.15, 0.2) is 12.7 Å². The van der Waals surface area contributed by atoms with Gasteiger partial charge in [0.25, 0.3) is 0 Å². The molecule has 2 saturated heterocycles. The van der Waals surface area contributed by atoms with E-state index in [0.29, 0.717) is 32.8 Å². The van der Waals surface area contributed by atoms with E-state index in [4.69, 9.17) is 9.47 Å². The minimum atomic E-state index is -3.23. The van der Waals surface area contributed by atoms with Crippen LogP contribution in [0.25, 0.3) is 0 Å². The second-order valence-corrected chi connectivity index (χ2v) is 7.71. The molecule has 0 aromatic carbocycles. The van der Waals surface area contributed by atoms with Gasteiger partial charge in [0.05, 0.1) is 32.1 Å². The average Bonchev–Trinajstić information content (AvgIpc) is 2.98. The van der Waals surface area contributed by atoms with Crippen molar-refractivity contribution in [1.29, 1.82) is 0 Å². The van der Waals surface area contributed by atoms with Crippen molar-refractivity contribution >= 4 is 10.0 Å². The topological polar surface area (TPSA) is 86.6 Å². The monoisotopic (exact) mass is 316 g/mol. The SMILES string of the molecule is CS(=O)(=O)N1CCOC[C@@]2(CC[C@@H](Cn3cncn3)O2)C1. The number of ether oxygens (including phenoxy) is 2. The van der Waals surface area contributed by atoms with Crippen molar-refractivity contribution in [1.82, 2.24) is 19.1 Å². The largest absolute Gasteiger partial charge is 0.377 e. The fourth-order valence-electron chi connectivity index (χ4n) is 2.94. The zero-order valence-electron chi connectivity index (χ0n) is 12.0. The second kappa shape index (κ2) is 5.64. The van der Waals surface area contributed by atoms with E-state index in [-0.39, 0.29) is 6.10 Å². The van der Waals surface area contributed by atoms with Crippen molar-refractivity contribution in [3.63, 3.8) is 0 Å². The Balaban J connectivity index is 1.69. The number of nitrogens with zero attached hydrogens (tertiary/aromatic N) is 4. The standard InChI is InChI=1S/C12H20N4O4S/c1-21(17,18)16-4-5-19-8-12(7-16)3-2-11(20-12)6-15-10-13-9-14-15/h9-11H,2-8H2,1H3/t11-,12+/m0/s1. The highest BCUT2D eigenvalue weighted by Gasteiger charge is 2.44. The van der Waals surface area contributed by atoms with Crippen LogP contribution < -0.4 is 0 Å². The van der Waals surface area contributed by atoms with Gasteiger partial charge in [0.2, 0.25) is 10.0 Å². The summed E-state index contributed by atoms with van der Waals surface area (Å²) in [5, 5.41) is 4.07. The second-order valence-electron chi connectivity index (χ2n) is 5.73. The summed E-state index contributed by atoms with van der Waals surface area (Å²) in [7, 11) is -3.23. The van der Waals surface area contributed by atoms with E-state index < -0.39 is 15.6 Å². The average molecular weight is 316 g/mol. The summed E-state index contributed by atoms with van der Waals surface area (Å²) in [6.07, 6.45) is 6.04. The molecule has 1 aromatic rings. The third-order valence-electron chi connectivity index (χ3n) is 3.98. The fraction of sp³-hybridized carbons (Fsp3) is 0.833. The number of rotatable bonds is 3. The first-order valence-electron chi connectivity index (χ1n) is 7.00. The van der Waals surface area contributed by atoms with Gasteiger partial charge in [-0.3, -0.25) is 4.68 Å². The predicted octanol–water partition coefficient (Wildman–Crippen LogP) is -0.512. The Morgan fingerprint density at radius 2 is 2.33 bits per heavy atom. The van der Waals surface area contributed by atoms with Crippen molar-refractivity contribution in [3.8, 4) is 0 Å². The zero-order valence-corrected chi connectivity index (χ0v) is 12.8. The van der Waals surface area contributed by atoms with Gasteiger partial charge in [0, 0.05) is 13.1 Å². The molecule has 0 bridgehead atoms. The lowest BCUT2D eigenvalue weighted by molar-refractivity contribution is -0.0860. The Morgan fingerprint density at radius 1 is 1.48 bits per heavy atom. The van der Waals surface area contributed by atoms with Crippen LogP contribution in [0, 0.1) is 0 Å². The third kappa shape index (κ3) is 3.42. The highest BCUT2D eigenvalue weighted by molar-refractivity contribution is 7.88. The maximum absolute atomic E-state index is 11.8. The van der Waals surface area contributed by atoms with Crippen LogP contribution in [-0.4, -0.2) is 71.8 Å². The van der Waals surface area contributed by atoms with Gasteiger partial charge in [-0.1, -0.05) is 0 Å². The maximum Gasteiger partial charge on any atom is 0.211 e. The van der Waals surface area contributed by atoms with Crippen LogP contribution in [0.1, 0.15) is 12.8 Å². The first kappa shape index (κ1) is 14.9. The van der Waals surface area contributed by atoms with Gasteiger partial charge in [0.15, 0.2) is 0 Å². The minimum absolute atomic E-state index is 0.00908. The molecule has 0 unspecified atom stereocenters. The lowest BCUT2D eigenvalue weighted by Crippen LogP contribution is -2.46. The molecular weight excluding hydrogens is 296 g/mol. The van der Waals surface area contributed by atoms with Crippen LogP contribution >= 0.6 is 0 Å². The molecule has 3 heterocycles. The number of sulfonamides is 1. The molecule has 118 valence electrons. The number of aromatic nitrogens is 3. The summed E-state index contributed by atoms with van der Waals surface area (Å²) in [4.78, 5) is 3.91. The molecule has 2 aliphatic rings. The van der Waals surface area contributed by atoms with Crippen LogP contribution in [0.4, 0.5) is 0 Å². The molecule has 2 fully saturated rings. The first-order chi connectivity index (χ1) is 9.97. The van der Waals surface area contributed by atoms with E-state index in [1.54, 1.807) is 11.0 Å². The first-order valence-corrected chi connectivity index (χ1v) is 8.85. The van der Waals surface area contributed by atoms with E-state index in [9.17, 15) is 8.42 Å².